The largest absolute Gasteiger partial charge is 0.480 e. The highest BCUT2D eigenvalue weighted by atomic mass is 32.2. The number of benzene rings is 1. The number of aliphatic carboxylic acids is 1. The van der Waals surface area contributed by atoms with Crippen LogP contribution in [0, 0.1) is 11.6 Å². The lowest BCUT2D eigenvalue weighted by molar-refractivity contribution is -0.138. The van der Waals surface area contributed by atoms with Crippen LogP contribution in [-0.4, -0.2) is 25.7 Å². The molecule has 1 aromatic carbocycles. The van der Waals surface area contributed by atoms with Gasteiger partial charge in [0.25, 0.3) is 0 Å². The van der Waals surface area contributed by atoms with E-state index < -0.39 is 43.9 Å². The number of hydrogen-bond acceptors (Lipinski definition) is 4. The van der Waals surface area contributed by atoms with Crippen molar-refractivity contribution in [1.82, 2.24) is 0 Å². The fourth-order valence-electron chi connectivity index (χ4n) is 1.16. The predicted molar refractivity (Wildman–Crippen MR) is 54.0 cm³/mol. The van der Waals surface area contributed by atoms with Crippen molar-refractivity contribution in [2.45, 2.75) is 10.9 Å². The molecule has 1 rings (SSSR count). The summed E-state index contributed by atoms with van der Waals surface area (Å²) in [5, 5.41) is 8.58. The van der Waals surface area contributed by atoms with Crippen LogP contribution in [0.2, 0.25) is 0 Å². The second-order valence-electron chi connectivity index (χ2n) is 3.40. The topological polar surface area (TPSA) is 97.5 Å². The van der Waals surface area contributed by atoms with Crippen molar-refractivity contribution >= 4 is 15.8 Å². The van der Waals surface area contributed by atoms with E-state index in [1.165, 1.54) is 0 Å². The molecule has 0 aromatic heterocycles. The first kappa shape index (κ1) is 13.5. The first-order valence-corrected chi connectivity index (χ1v) is 6.21. The van der Waals surface area contributed by atoms with Gasteiger partial charge < -0.3 is 10.8 Å². The van der Waals surface area contributed by atoms with Crippen LogP contribution in [0.15, 0.2) is 17.0 Å². The van der Waals surface area contributed by atoms with Gasteiger partial charge in [0.05, 0.1) is 4.90 Å². The Kier molecular flexibility index (Phi) is 3.48. The minimum Gasteiger partial charge on any atom is -0.480 e. The van der Waals surface area contributed by atoms with Crippen LogP contribution in [-0.2, 0) is 14.6 Å². The molecular weight excluding hydrogens is 256 g/mol. The molecule has 0 bridgehead atoms. The number of carboxylic acid groups (broad SMARTS) is 1. The summed E-state index contributed by atoms with van der Waals surface area (Å²) in [6.45, 7) is 0. The molecule has 0 saturated heterocycles. The quantitative estimate of drug-likeness (QED) is 0.773. The highest BCUT2D eigenvalue weighted by Gasteiger charge is 2.24. The molecule has 1 unspecified atom stereocenters. The maximum Gasteiger partial charge on any atom is 0.325 e. The van der Waals surface area contributed by atoms with Crippen LogP contribution < -0.4 is 5.73 Å². The van der Waals surface area contributed by atoms with Gasteiger partial charge in [-0.25, -0.2) is 17.2 Å². The average molecular weight is 265 g/mol. The van der Waals surface area contributed by atoms with Crippen molar-refractivity contribution in [3.8, 4) is 0 Å². The monoisotopic (exact) mass is 265 g/mol. The van der Waals surface area contributed by atoms with Crippen LogP contribution in [0.3, 0.4) is 0 Å². The zero-order valence-corrected chi connectivity index (χ0v) is 9.46. The van der Waals surface area contributed by atoms with Crippen LogP contribution in [0.25, 0.3) is 0 Å². The number of nitrogens with two attached hydrogens (primary N) is 1. The lowest BCUT2D eigenvalue weighted by Gasteiger charge is -2.10. The summed E-state index contributed by atoms with van der Waals surface area (Å²) in [5.41, 5.74) is 4.41. The summed E-state index contributed by atoms with van der Waals surface area (Å²) >= 11 is 0. The van der Waals surface area contributed by atoms with Crippen molar-refractivity contribution in [2.75, 3.05) is 6.26 Å². The second kappa shape index (κ2) is 4.38. The summed E-state index contributed by atoms with van der Waals surface area (Å²) < 4.78 is 48.7. The van der Waals surface area contributed by atoms with Gasteiger partial charge in [-0.3, -0.25) is 4.79 Å². The van der Waals surface area contributed by atoms with E-state index in [2.05, 4.69) is 0 Å². The molecule has 1 aromatic rings. The summed E-state index contributed by atoms with van der Waals surface area (Å²) in [7, 11) is -3.78. The van der Waals surface area contributed by atoms with E-state index >= 15 is 0 Å². The van der Waals surface area contributed by atoms with E-state index in [1.807, 2.05) is 0 Å². The van der Waals surface area contributed by atoms with E-state index in [4.69, 9.17) is 10.8 Å². The zero-order chi connectivity index (χ0) is 13.4. The Bertz CT molecular complexity index is 571. The molecule has 8 heteroatoms. The van der Waals surface area contributed by atoms with Gasteiger partial charge in [-0.2, -0.15) is 0 Å². The van der Waals surface area contributed by atoms with Gasteiger partial charge in [-0.15, -0.1) is 0 Å². The van der Waals surface area contributed by atoms with Crippen molar-refractivity contribution in [3.05, 3.63) is 29.3 Å². The van der Waals surface area contributed by atoms with Crippen LogP contribution in [0.4, 0.5) is 8.78 Å². The van der Waals surface area contributed by atoms with Crippen molar-refractivity contribution in [3.63, 3.8) is 0 Å². The third-order valence-electron chi connectivity index (χ3n) is 2.06. The fraction of sp³-hybridized carbons (Fsp3) is 0.222. The first-order valence-electron chi connectivity index (χ1n) is 4.32. The highest BCUT2D eigenvalue weighted by molar-refractivity contribution is 7.90. The Hall–Kier alpha value is -1.54. The number of carboxylic acids is 1. The van der Waals surface area contributed by atoms with Crippen molar-refractivity contribution in [2.24, 2.45) is 5.73 Å². The standard InChI is InChI=1S/C9H9F2NO4S/c1-17(15,16)4-2-5(8(12)9(13)14)7(11)6(10)3-4/h2-3,8H,12H2,1H3,(H,13,14). The molecule has 94 valence electrons. The SMILES string of the molecule is CS(=O)(=O)c1cc(F)c(F)c(C(N)C(=O)O)c1. The Morgan fingerprint density at radius 2 is 1.94 bits per heavy atom. The van der Waals surface area contributed by atoms with Gasteiger partial charge in [-0.05, 0) is 12.1 Å². The molecule has 3 N–H and O–H groups in total. The smallest absolute Gasteiger partial charge is 0.325 e. The molecule has 0 aliphatic carbocycles. The van der Waals surface area contributed by atoms with Crippen LogP contribution in [0.1, 0.15) is 11.6 Å². The van der Waals surface area contributed by atoms with Crippen molar-refractivity contribution < 1.29 is 27.1 Å². The molecule has 0 amide bonds. The molecule has 0 spiro atoms. The van der Waals surface area contributed by atoms with Gasteiger partial charge in [-0.1, -0.05) is 0 Å². The van der Waals surface area contributed by atoms with E-state index in [9.17, 15) is 22.0 Å². The van der Waals surface area contributed by atoms with Gasteiger partial charge in [0.1, 0.15) is 6.04 Å². The van der Waals surface area contributed by atoms with Gasteiger partial charge in [0, 0.05) is 11.8 Å². The van der Waals surface area contributed by atoms with E-state index in [1.54, 1.807) is 0 Å². The normalized spacial score (nSPS) is 13.4. The van der Waals surface area contributed by atoms with E-state index in [0.29, 0.717) is 12.1 Å². The third kappa shape index (κ3) is 2.77. The first-order chi connectivity index (χ1) is 7.64. The number of rotatable bonds is 3. The minimum atomic E-state index is -3.78. The summed E-state index contributed by atoms with van der Waals surface area (Å²) in [5.74, 6) is -4.51. The average Bonchev–Trinajstić information content (AvgIpc) is 2.19. The Morgan fingerprint density at radius 1 is 1.41 bits per heavy atom. The maximum absolute atomic E-state index is 13.3. The molecule has 0 aliphatic heterocycles. The van der Waals surface area contributed by atoms with E-state index in [0.717, 1.165) is 6.26 Å². The minimum absolute atomic E-state index is 0.475. The maximum atomic E-state index is 13.3. The lowest BCUT2D eigenvalue weighted by Crippen LogP contribution is -2.23. The Balaban J connectivity index is 3.51. The molecule has 0 radical (unpaired) electrons. The molecule has 1 atom stereocenters. The molecule has 0 saturated carbocycles. The van der Waals surface area contributed by atoms with Gasteiger partial charge in [0.2, 0.25) is 0 Å². The van der Waals surface area contributed by atoms with E-state index in [-0.39, 0.29) is 0 Å². The highest BCUT2D eigenvalue weighted by Crippen LogP contribution is 2.23. The number of halogens is 2. The molecule has 0 aliphatic rings. The Labute approximate surface area is 95.8 Å². The zero-order valence-electron chi connectivity index (χ0n) is 8.65. The van der Waals surface area contributed by atoms with Crippen LogP contribution in [0.5, 0.6) is 0 Å². The van der Waals surface area contributed by atoms with Crippen molar-refractivity contribution in [1.29, 1.82) is 0 Å². The summed E-state index contributed by atoms with van der Waals surface area (Å²) in [6.07, 6.45) is 0.787. The molecule has 0 heterocycles. The van der Waals surface area contributed by atoms with Gasteiger partial charge in [0.15, 0.2) is 21.5 Å². The third-order valence-corrected chi connectivity index (χ3v) is 3.15. The number of carbonyl (C=O) groups is 1. The molecule has 17 heavy (non-hydrogen) atoms. The fourth-order valence-corrected chi connectivity index (χ4v) is 1.82. The Morgan fingerprint density at radius 3 is 2.35 bits per heavy atom. The van der Waals surface area contributed by atoms with Crippen LogP contribution >= 0.6 is 0 Å². The lowest BCUT2D eigenvalue weighted by atomic mass is 10.1. The second-order valence-corrected chi connectivity index (χ2v) is 5.41. The molecule has 0 fully saturated rings. The molecular formula is C9H9F2NO4S. The molecule has 5 nitrogen and oxygen atoms in total. The number of hydrogen-bond donors (Lipinski definition) is 2. The summed E-state index contributed by atoms with van der Waals surface area (Å²) in [4.78, 5) is 10.0. The number of sulfone groups is 1. The van der Waals surface area contributed by atoms with Gasteiger partial charge >= 0.3 is 5.97 Å². The summed E-state index contributed by atoms with van der Waals surface area (Å²) in [6, 6.07) is -0.638. The predicted octanol–water partition coefficient (Wildman–Crippen LogP) is 0.453.